The van der Waals surface area contributed by atoms with Gasteiger partial charge in [-0.25, -0.2) is 0 Å². The maximum atomic E-state index is 10.6. The largest absolute Gasteiger partial charge is 0.484 e. The van der Waals surface area contributed by atoms with Crippen molar-refractivity contribution >= 4 is 23.4 Å². The van der Waals surface area contributed by atoms with Crippen LogP contribution in [0.4, 0.5) is 5.69 Å². The van der Waals surface area contributed by atoms with Crippen molar-refractivity contribution in [3.63, 3.8) is 0 Å². The van der Waals surface area contributed by atoms with Crippen molar-refractivity contribution in [1.82, 2.24) is 0 Å². The van der Waals surface area contributed by atoms with Crippen LogP contribution in [0.1, 0.15) is 13.3 Å². The second kappa shape index (κ2) is 6.00. The van der Waals surface area contributed by atoms with E-state index >= 15 is 0 Å². The summed E-state index contributed by atoms with van der Waals surface area (Å²) in [4.78, 5) is 10.6. The minimum absolute atomic E-state index is 0.0798. The van der Waals surface area contributed by atoms with Crippen molar-refractivity contribution in [2.45, 2.75) is 24.6 Å². The molecule has 3 N–H and O–H groups in total. The van der Waals surface area contributed by atoms with Gasteiger partial charge in [0.05, 0.1) is 0 Å². The van der Waals surface area contributed by atoms with Crippen molar-refractivity contribution in [3.8, 4) is 5.75 Å². The Morgan fingerprint density at radius 1 is 1.50 bits per heavy atom. The number of carbonyl (C=O) groups is 1. The van der Waals surface area contributed by atoms with Crippen LogP contribution < -0.4 is 15.8 Å². The fourth-order valence-corrected chi connectivity index (χ4v) is 3.10. The number of hydrogen-bond acceptors (Lipinski definition) is 4. The van der Waals surface area contributed by atoms with Gasteiger partial charge in [0.15, 0.2) is 6.61 Å². The number of thioether (sulfide) groups is 1. The topological polar surface area (TPSA) is 64.3 Å². The first-order chi connectivity index (χ1) is 8.63. The molecule has 18 heavy (non-hydrogen) atoms. The van der Waals surface area contributed by atoms with Gasteiger partial charge in [0.1, 0.15) is 5.75 Å². The molecule has 2 atom stereocenters. The van der Waals surface area contributed by atoms with E-state index in [1.807, 2.05) is 36.0 Å². The van der Waals surface area contributed by atoms with Crippen molar-refractivity contribution in [2.75, 3.05) is 17.7 Å². The van der Waals surface area contributed by atoms with Gasteiger partial charge >= 0.3 is 0 Å². The lowest BCUT2D eigenvalue weighted by atomic mass is 10.2. The van der Waals surface area contributed by atoms with Gasteiger partial charge in [-0.15, -0.1) is 0 Å². The third-order valence-electron chi connectivity index (χ3n) is 2.80. The Kier molecular flexibility index (Phi) is 4.36. The number of amides is 1. The summed E-state index contributed by atoms with van der Waals surface area (Å²) in [5, 5.41) is 4.23. The van der Waals surface area contributed by atoms with Gasteiger partial charge in [-0.1, -0.05) is 6.92 Å². The van der Waals surface area contributed by atoms with E-state index in [-0.39, 0.29) is 6.61 Å². The van der Waals surface area contributed by atoms with Crippen LogP contribution in [0.5, 0.6) is 5.75 Å². The molecular weight excluding hydrogens is 248 g/mol. The Bertz CT molecular complexity index is 408. The van der Waals surface area contributed by atoms with Gasteiger partial charge < -0.3 is 15.8 Å². The van der Waals surface area contributed by atoms with Crippen LogP contribution in [0.2, 0.25) is 0 Å². The molecule has 1 aromatic rings. The van der Waals surface area contributed by atoms with Crippen molar-refractivity contribution in [3.05, 3.63) is 24.3 Å². The highest BCUT2D eigenvalue weighted by molar-refractivity contribution is 8.00. The quantitative estimate of drug-likeness (QED) is 0.854. The molecule has 2 unspecified atom stereocenters. The Balaban J connectivity index is 1.85. The zero-order valence-corrected chi connectivity index (χ0v) is 11.2. The van der Waals surface area contributed by atoms with Gasteiger partial charge in [-0.3, -0.25) is 4.79 Å². The van der Waals surface area contributed by atoms with Crippen LogP contribution in [0, 0.1) is 0 Å². The molecule has 1 aliphatic heterocycles. The average Bonchev–Trinajstić information content (AvgIpc) is 2.74. The predicted molar refractivity (Wildman–Crippen MR) is 75.1 cm³/mol. The molecule has 5 heteroatoms. The first-order valence-electron chi connectivity index (χ1n) is 6.03. The maximum absolute atomic E-state index is 10.6. The van der Waals surface area contributed by atoms with Gasteiger partial charge in [-0.05, 0) is 30.7 Å². The summed E-state index contributed by atoms with van der Waals surface area (Å²) in [5.74, 6) is 1.35. The molecule has 0 saturated carbocycles. The minimum Gasteiger partial charge on any atom is -0.484 e. The summed E-state index contributed by atoms with van der Waals surface area (Å²) in [5.41, 5.74) is 6.10. The third kappa shape index (κ3) is 3.84. The molecule has 4 nitrogen and oxygen atoms in total. The van der Waals surface area contributed by atoms with E-state index in [9.17, 15) is 4.79 Å². The molecule has 1 saturated heterocycles. The summed E-state index contributed by atoms with van der Waals surface area (Å²) < 4.78 is 5.20. The van der Waals surface area contributed by atoms with E-state index < -0.39 is 5.91 Å². The van der Waals surface area contributed by atoms with Crippen molar-refractivity contribution < 1.29 is 9.53 Å². The molecule has 98 valence electrons. The van der Waals surface area contributed by atoms with Crippen LogP contribution in [0.15, 0.2) is 24.3 Å². The highest BCUT2D eigenvalue weighted by Crippen LogP contribution is 2.28. The van der Waals surface area contributed by atoms with Crippen LogP contribution in [0.25, 0.3) is 0 Å². The predicted octanol–water partition coefficient (Wildman–Crippen LogP) is 1.86. The zero-order valence-electron chi connectivity index (χ0n) is 10.4. The van der Waals surface area contributed by atoms with Gasteiger partial charge in [0.2, 0.25) is 0 Å². The lowest BCUT2D eigenvalue weighted by molar-refractivity contribution is -0.119. The normalized spacial score (nSPS) is 22.7. The molecule has 1 aromatic carbocycles. The van der Waals surface area contributed by atoms with E-state index in [1.54, 1.807) is 0 Å². The smallest absolute Gasteiger partial charge is 0.255 e. The number of rotatable bonds is 5. The van der Waals surface area contributed by atoms with Crippen LogP contribution in [-0.4, -0.2) is 29.6 Å². The number of nitrogens with two attached hydrogens (primary N) is 1. The number of hydrogen-bond donors (Lipinski definition) is 2. The Morgan fingerprint density at radius 2 is 2.22 bits per heavy atom. The Hall–Kier alpha value is -1.36. The van der Waals surface area contributed by atoms with Crippen LogP contribution in [-0.2, 0) is 4.79 Å². The molecule has 2 rings (SSSR count). The second-order valence-corrected chi connectivity index (χ2v) is 5.97. The molecule has 0 radical (unpaired) electrons. The first kappa shape index (κ1) is 13.1. The number of ether oxygens (including phenoxy) is 1. The lowest BCUT2D eigenvalue weighted by Gasteiger charge is -2.13. The number of primary amides is 1. The van der Waals surface area contributed by atoms with E-state index in [0.717, 1.165) is 16.7 Å². The molecular formula is C13H18N2O2S. The monoisotopic (exact) mass is 266 g/mol. The maximum Gasteiger partial charge on any atom is 0.255 e. The number of nitrogens with one attached hydrogen (secondary N) is 1. The van der Waals surface area contributed by atoms with Crippen LogP contribution >= 0.6 is 11.8 Å². The highest BCUT2D eigenvalue weighted by atomic mass is 32.2. The molecule has 1 heterocycles. The fraction of sp³-hybridized carbons (Fsp3) is 0.462. The molecule has 0 aromatic heterocycles. The van der Waals surface area contributed by atoms with Crippen LogP contribution in [0.3, 0.4) is 0 Å². The van der Waals surface area contributed by atoms with Crippen molar-refractivity contribution in [2.24, 2.45) is 5.73 Å². The summed E-state index contributed by atoms with van der Waals surface area (Å²) in [7, 11) is 0. The molecule has 1 fully saturated rings. The lowest BCUT2D eigenvalue weighted by Crippen LogP contribution is -2.20. The summed E-state index contributed by atoms with van der Waals surface area (Å²) in [6.07, 6.45) is 1.20. The standard InChI is InChI=1S/C13H18N2O2S/c1-9-6-11(8-18-9)15-10-2-4-12(5-3-10)17-7-13(14)16/h2-5,9,11,15H,6-8H2,1H3,(H2,14,16). The Labute approximate surface area is 111 Å². The molecule has 1 amide bonds. The summed E-state index contributed by atoms with van der Waals surface area (Å²) in [6, 6.07) is 8.16. The second-order valence-electron chi connectivity index (χ2n) is 4.50. The van der Waals surface area contributed by atoms with Gasteiger partial charge in [-0.2, -0.15) is 11.8 Å². The fourth-order valence-electron chi connectivity index (χ4n) is 1.96. The average molecular weight is 266 g/mol. The van der Waals surface area contributed by atoms with E-state index in [2.05, 4.69) is 12.2 Å². The molecule has 1 aliphatic rings. The summed E-state index contributed by atoms with van der Waals surface area (Å²) in [6.45, 7) is 2.18. The molecule has 0 aliphatic carbocycles. The molecule has 0 bridgehead atoms. The van der Waals surface area contributed by atoms with Crippen molar-refractivity contribution in [1.29, 1.82) is 0 Å². The Morgan fingerprint density at radius 3 is 2.78 bits per heavy atom. The SMILES string of the molecule is CC1CC(Nc2ccc(OCC(N)=O)cc2)CS1. The third-order valence-corrected chi connectivity index (χ3v) is 4.16. The number of anilines is 1. The zero-order chi connectivity index (χ0) is 13.0. The van der Waals surface area contributed by atoms with E-state index in [0.29, 0.717) is 11.8 Å². The highest BCUT2D eigenvalue weighted by Gasteiger charge is 2.21. The first-order valence-corrected chi connectivity index (χ1v) is 7.07. The minimum atomic E-state index is -0.464. The van der Waals surface area contributed by atoms with E-state index in [1.165, 1.54) is 6.42 Å². The van der Waals surface area contributed by atoms with E-state index in [4.69, 9.17) is 10.5 Å². The molecule has 0 spiro atoms. The number of carbonyl (C=O) groups excluding carboxylic acids is 1. The number of benzene rings is 1. The van der Waals surface area contributed by atoms with Gasteiger partial charge in [0, 0.05) is 22.7 Å². The summed E-state index contributed by atoms with van der Waals surface area (Å²) >= 11 is 2.00. The van der Waals surface area contributed by atoms with Gasteiger partial charge in [0.25, 0.3) is 5.91 Å².